The number of benzene rings is 1. The lowest BCUT2D eigenvalue weighted by Gasteiger charge is -2.16. The molecule has 2 aromatic rings. The number of hydrogen-bond donors (Lipinski definition) is 2. The van der Waals surface area contributed by atoms with Crippen LogP contribution in [-0.2, 0) is 14.4 Å². The minimum absolute atomic E-state index is 0.0782. The van der Waals surface area contributed by atoms with Gasteiger partial charge in [-0.25, -0.2) is 4.98 Å². The van der Waals surface area contributed by atoms with Crippen LogP contribution < -0.4 is 16.0 Å². The van der Waals surface area contributed by atoms with Gasteiger partial charge in [0.2, 0.25) is 17.7 Å². The van der Waals surface area contributed by atoms with Crippen LogP contribution in [-0.4, -0.2) is 35.0 Å². The maximum Gasteiger partial charge on any atom is 0.231 e. The van der Waals surface area contributed by atoms with Gasteiger partial charge in [-0.15, -0.1) is 11.8 Å². The second-order valence-corrected chi connectivity index (χ2v) is 9.18. The second-order valence-electron chi connectivity index (χ2n) is 6.02. The van der Waals surface area contributed by atoms with Crippen molar-refractivity contribution >= 4 is 67.6 Å². The number of nitrogens with zero attached hydrogens (tertiary/aromatic N) is 2. The molecule has 3 rings (SSSR count). The minimum atomic E-state index is -0.438. The Kier molecular flexibility index (Phi) is 6.18. The van der Waals surface area contributed by atoms with Crippen LogP contribution in [0.5, 0.6) is 0 Å². The van der Waals surface area contributed by atoms with E-state index in [9.17, 15) is 14.4 Å². The van der Waals surface area contributed by atoms with Gasteiger partial charge in [-0.1, -0.05) is 27.3 Å². The zero-order chi connectivity index (χ0) is 19.6. The third kappa shape index (κ3) is 4.88. The lowest BCUT2D eigenvalue weighted by molar-refractivity contribution is -0.122. The van der Waals surface area contributed by atoms with Gasteiger partial charge in [0, 0.05) is 23.1 Å². The van der Waals surface area contributed by atoms with E-state index in [-0.39, 0.29) is 24.0 Å². The Balaban J connectivity index is 1.63. The Bertz CT molecular complexity index is 885. The van der Waals surface area contributed by atoms with Crippen LogP contribution >= 0.6 is 39.0 Å². The first kappa shape index (κ1) is 19.8. The van der Waals surface area contributed by atoms with Gasteiger partial charge in [-0.2, -0.15) is 0 Å². The normalized spacial score (nSPS) is 16.6. The van der Waals surface area contributed by atoms with Gasteiger partial charge in [0.1, 0.15) is 0 Å². The van der Waals surface area contributed by atoms with Crippen molar-refractivity contribution in [2.75, 3.05) is 22.5 Å². The Morgan fingerprint density at radius 2 is 2.11 bits per heavy atom. The fourth-order valence-corrected chi connectivity index (χ4v) is 4.81. The van der Waals surface area contributed by atoms with Crippen molar-refractivity contribution in [3.63, 3.8) is 0 Å². The number of nitrogens with two attached hydrogens (primary N) is 1. The van der Waals surface area contributed by atoms with Crippen LogP contribution in [0.15, 0.2) is 32.9 Å². The summed E-state index contributed by atoms with van der Waals surface area (Å²) < 4.78 is 1.76. The number of hydrogen-bond acceptors (Lipinski definition) is 6. The topological polar surface area (TPSA) is 105 Å². The number of rotatable bonds is 6. The number of amides is 3. The van der Waals surface area contributed by atoms with Crippen molar-refractivity contribution in [2.45, 2.75) is 17.6 Å². The highest BCUT2D eigenvalue weighted by Gasteiger charge is 2.35. The zero-order valence-electron chi connectivity index (χ0n) is 14.4. The van der Waals surface area contributed by atoms with E-state index in [4.69, 9.17) is 5.73 Å². The van der Waals surface area contributed by atoms with Crippen molar-refractivity contribution in [2.24, 2.45) is 11.7 Å². The molecule has 1 aromatic carbocycles. The first-order valence-corrected chi connectivity index (χ1v) is 10.7. The minimum Gasteiger partial charge on any atom is -0.369 e. The highest BCUT2D eigenvalue weighted by atomic mass is 79.9. The van der Waals surface area contributed by atoms with Crippen LogP contribution in [0.1, 0.15) is 12.1 Å². The summed E-state index contributed by atoms with van der Waals surface area (Å²) in [6.07, 6.45) is 0.162. The number of halogens is 1. The fraction of sp³-hybridized carbons (Fsp3) is 0.294. The number of carbonyl (C=O) groups excluding carboxylic acids is 3. The standard InChI is InChI=1S/C17H17BrN4O3S2/c1-9-16(26-8-13(19)23)27-17(20-9)21-15(25)10-6-14(24)22(7-10)12-4-2-11(18)3-5-12/h2-5,10H,6-8H2,1H3,(H2,19,23)(H,20,21,25)/t10-/m0/s1. The summed E-state index contributed by atoms with van der Waals surface area (Å²) in [5, 5.41) is 3.24. The molecule has 10 heteroatoms. The zero-order valence-corrected chi connectivity index (χ0v) is 17.6. The molecule has 3 N–H and O–H groups in total. The third-order valence-corrected chi connectivity index (χ3v) is 6.95. The van der Waals surface area contributed by atoms with E-state index in [1.807, 2.05) is 31.2 Å². The number of carbonyl (C=O) groups is 3. The van der Waals surface area contributed by atoms with Gasteiger partial charge in [0.15, 0.2) is 5.13 Å². The van der Waals surface area contributed by atoms with Gasteiger partial charge in [0.05, 0.1) is 21.6 Å². The first-order valence-electron chi connectivity index (χ1n) is 8.09. The van der Waals surface area contributed by atoms with Gasteiger partial charge >= 0.3 is 0 Å². The summed E-state index contributed by atoms with van der Waals surface area (Å²) in [5.74, 6) is -0.994. The van der Waals surface area contributed by atoms with Crippen molar-refractivity contribution in [3.8, 4) is 0 Å². The Morgan fingerprint density at radius 1 is 1.41 bits per heavy atom. The molecule has 1 atom stereocenters. The maximum absolute atomic E-state index is 12.6. The molecule has 0 saturated carbocycles. The van der Waals surface area contributed by atoms with Gasteiger partial charge in [-0.3, -0.25) is 14.4 Å². The Hall–Kier alpha value is -1.91. The van der Waals surface area contributed by atoms with Gasteiger partial charge in [-0.05, 0) is 31.2 Å². The van der Waals surface area contributed by atoms with Crippen molar-refractivity contribution < 1.29 is 14.4 Å². The van der Waals surface area contributed by atoms with E-state index < -0.39 is 11.8 Å². The predicted molar refractivity (Wildman–Crippen MR) is 110 cm³/mol. The lowest BCUT2D eigenvalue weighted by atomic mass is 10.1. The van der Waals surface area contributed by atoms with Crippen molar-refractivity contribution in [1.82, 2.24) is 4.98 Å². The molecule has 0 aliphatic carbocycles. The summed E-state index contributed by atoms with van der Waals surface area (Å²) in [6, 6.07) is 7.41. The molecule has 1 aromatic heterocycles. The van der Waals surface area contributed by atoms with E-state index >= 15 is 0 Å². The maximum atomic E-state index is 12.6. The van der Waals surface area contributed by atoms with Crippen LogP contribution in [0, 0.1) is 12.8 Å². The summed E-state index contributed by atoms with van der Waals surface area (Å²) in [5.41, 5.74) is 6.67. The molecule has 0 unspecified atom stereocenters. The summed E-state index contributed by atoms with van der Waals surface area (Å²) in [7, 11) is 0. The molecule has 1 fully saturated rings. The summed E-state index contributed by atoms with van der Waals surface area (Å²) in [4.78, 5) is 41.7. The predicted octanol–water partition coefficient (Wildman–Crippen LogP) is 2.78. The van der Waals surface area contributed by atoms with E-state index in [0.29, 0.717) is 11.7 Å². The molecular formula is C17H17BrN4O3S2. The third-order valence-electron chi connectivity index (χ3n) is 3.96. The second kappa shape index (κ2) is 8.41. The molecule has 1 aliphatic heterocycles. The lowest BCUT2D eigenvalue weighted by Crippen LogP contribution is -2.28. The average molecular weight is 469 g/mol. The van der Waals surface area contributed by atoms with Crippen LogP contribution in [0.25, 0.3) is 0 Å². The largest absolute Gasteiger partial charge is 0.369 e. The van der Waals surface area contributed by atoms with Crippen molar-refractivity contribution in [3.05, 3.63) is 34.4 Å². The highest BCUT2D eigenvalue weighted by molar-refractivity contribution is 9.10. The number of thioether (sulfide) groups is 1. The van der Waals surface area contributed by atoms with Crippen LogP contribution in [0.3, 0.4) is 0 Å². The summed E-state index contributed by atoms with van der Waals surface area (Å²) >= 11 is 5.96. The van der Waals surface area contributed by atoms with E-state index in [2.05, 4.69) is 26.2 Å². The van der Waals surface area contributed by atoms with E-state index in [0.717, 1.165) is 20.1 Å². The molecule has 0 radical (unpaired) electrons. The van der Waals surface area contributed by atoms with Crippen LogP contribution in [0.2, 0.25) is 0 Å². The number of thiazole rings is 1. The van der Waals surface area contributed by atoms with E-state index in [1.165, 1.54) is 23.1 Å². The monoisotopic (exact) mass is 468 g/mol. The average Bonchev–Trinajstić information content (AvgIpc) is 3.16. The highest BCUT2D eigenvalue weighted by Crippen LogP contribution is 2.33. The number of primary amides is 1. The molecule has 1 saturated heterocycles. The molecule has 27 heavy (non-hydrogen) atoms. The number of aromatic nitrogens is 1. The quantitative estimate of drug-likeness (QED) is 0.633. The summed E-state index contributed by atoms with van der Waals surface area (Å²) in [6.45, 7) is 2.14. The smallest absolute Gasteiger partial charge is 0.231 e. The molecule has 0 spiro atoms. The number of aryl methyl sites for hydroxylation is 1. The number of nitrogens with one attached hydrogen (secondary N) is 1. The molecule has 7 nitrogen and oxygen atoms in total. The molecule has 0 bridgehead atoms. The molecule has 2 heterocycles. The molecule has 1 aliphatic rings. The molecule has 142 valence electrons. The SMILES string of the molecule is Cc1nc(NC(=O)[C@H]2CC(=O)N(c3ccc(Br)cc3)C2)sc1SCC(N)=O. The van der Waals surface area contributed by atoms with Gasteiger partial charge < -0.3 is 16.0 Å². The Morgan fingerprint density at radius 3 is 2.78 bits per heavy atom. The first-order chi connectivity index (χ1) is 12.8. The molecular weight excluding hydrogens is 452 g/mol. The van der Waals surface area contributed by atoms with Crippen LogP contribution in [0.4, 0.5) is 10.8 Å². The number of anilines is 2. The Labute approximate surface area is 172 Å². The molecule has 3 amide bonds. The van der Waals surface area contributed by atoms with Gasteiger partial charge in [0.25, 0.3) is 0 Å². The van der Waals surface area contributed by atoms with Crippen molar-refractivity contribution in [1.29, 1.82) is 0 Å². The fourth-order valence-electron chi connectivity index (χ4n) is 2.67. The van der Waals surface area contributed by atoms with E-state index in [1.54, 1.807) is 4.90 Å².